The summed E-state index contributed by atoms with van der Waals surface area (Å²) >= 11 is 0. The van der Waals surface area contributed by atoms with Gasteiger partial charge in [0.25, 0.3) is 0 Å². The Bertz CT molecular complexity index is 668. The molecule has 0 spiro atoms. The molecule has 1 aromatic carbocycles. The van der Waals surface area contributed by atoms with E-state index in [9.17, 15) is 0 Å². The van der Waals surface area contributed by atoms with E-state index in [0.29, 0.717) is 5.82 Å². The molecule has 6 heteroatoms. The van der Waals surface area contributed by atoms with E-state index in [1.807, 2.05) is 52.0 Å². The van der Waals surface area contributed by atoms with Crippen molar-refractivity contribution in [2.75, 3.05) is 7.11 Å². The van der Waals surface area contributed by atoms with Gasteiger partial charge in [0, 0.05) is 23.4 Å². The third-order valence-electron chi connectivity index (χ3n) is 4.55. The molecule has 1 aliphatic rings. The van der Waals surface area contributed by atoms with E-state index < -0.39 is 7.12 Å². The maximum atomic E-state index is 6.01. The van der Waals surface area contributed by atoms with Crippen LogP contribution in [0.3, 0.4) is 0 Å². The van der Waals surface area contributed by atoms with E-state index in [1.165, 1.54) is 0 Å². The third kappa shape index (κ3) is 2.96. The maximum Gasteiger partial charge on any atom is 0.498 e. The Kier molecular flexibility index (Phi) is 3.90. The highest BCUT2D eigenvalue weighted by molar-refractivity contribution is 6.61. The summed E-state index contributed by atoms with van der Waals surface area (Å²) in [4.78, 5) is 8.87. The van der Waals surface area contributed by atoms with Crippen molar-refractivity contribution in [2.24, 2.45) is 0 Å². The molecule has 0 bridgehead atoms. The molecule has 23 heavy (non-hydrogen) atoms. The van der Waals surface area contributed by atoms with Crippen LogP contribution in [0, 0.1) is 0 Å². The van der Waals surface area contributed by atoms with E-state index in [-0.39, 0.29) is 11.2 Å². The van der Waals surface area contributed by atoms with Gasteiger partial charge in [-0.2, -0.15) is 0 Å². The lowest BCUT2D eigenvalue weighted by molar-refractivity contribution is 0.00578. The topological polar surface area (TPSA) is 53.5 Å². The normalized spacial score (nSPS) is 18.9. The van der Waals surface area contributed by atoms with Crippen LogP contribution in [-0.4, -0.2) is 35.4 Å². The molecule has 5 nitrogen and oxygen atoms in total. The first-order valence-electron chi connectivity index (χ1n) is 7.64. The average Bonchev–Trinajstić information content (AvgIpc) is 2.76. The van der Waals surface area contributed by atoms with E-state index in [1.54, 1.807) is 19.5 Å². The van der Waals surface area contributed by atoms with Gasteiger partial charge < -0.3 is 14.0 Å². The van der Waals surface area contributed by atoms with E-state index in [0.717, 1.165) is 16.8 Å². The number of aromatic nitrogens is 2. The Morgan fingerprint density at radius 2 is 1.43 bits per heavy atom. The van der Waals surface area contributed by atoms with Gasteiger partial charge in [0.2, 0.25) is 0 Å². The van der Waals surface area contributed by atoms with Crippen LogP contribution in [-0.2, 0) is 9.31 Å². The molecule has 0 aliphatic carbocycles. The molecule has 0 radical (unpaired) electrons. The standard InChI is InChI=1S/C17H21BN2O3/c1-16(2)17(3,4)23-18(22-16)13-10-19-15(20-11-13)12-6-8-14(21-5)9-7-12/h6-11H,1-5H3. The Morgan fingerprint density at radius 3 is 1.91 bits per heavy atom. The van der Waals surface area contributed by atoms with Crippen molar-refractivity contribution in [2.45, 2.75) is 38.9 Å². The molecule has 2 heterocycles. The number of hydrogen-bond acceptors (Lipinski definition) is 5. The Hall–Kier alpha value is -1.92. The Morgan fingerprint density at radius 1 is 0.913 bits per heavy atom. The van der Waals surface area contributed by atoms with Gasteiger partial charge in [0.1, 0.15) is 5.75 Å². The second-order valence-corrected chi connectivity index (χ2v) is 6.66. The zero-order valence-corrected chi connectivity index (χ0v) is 14.2. The van der Waals surface area contributed by atoms with Gasteiger partial charge in [-0.1, -0.05) is 0 Å². The molecule has 0 saturated carbocycles. The zero-order valence-electron chi connectivity index (χ0n) is 14.2. The monoisotopic (exact) mass is 312 g/mol. The first kappa shape index (κ1) is 16.0. The lowest BCUT2D eigenvalue weighted by Crippen LogP contribution is -2.41. The summed E-state index contributed by atoms with van der Waals surface area (Å²) in [5.74, 6) is 1.47. The van der Waals surface area contributed by atoms with Gasteiger partial charge in [-0.05, 0) is 52.0 Å². The quantitative estimate of drug-likeness (QED) is 0.815. The zero-order chi connectivity index (χ0) is 16.7. The minimum Gasteiger partial charge on any atom is -0.497 e. The molecule has 2 aromatic rings. The summed E-state index contributed by atoms with van der Waals surface area (Å²) in [6.07, 6.45) is 3.52. The maximum absolute atomic E-state index is 6.01. The van der Waals surface area contributed by atoms with Crippen molar-refractivity contribution in [3.63, 3.8) is 0 Å². The SMILES string of the molecule is COc1ccc(-c2ncc(B3OC(C)(C)C(C)(C)O3)cn2)cc1. The molecular weight excluding hydrogens is 291 g/mol. The third-order valence-corrected chi connectivity index (χ3v) is 4.55. The molecule has 1 aliphatic heterocycles. The minimum atomic E-state index is -0.440. The predicted octanol–water partition coefficient (Wildman–Crippen LogP) is 2.45. The van der Waals surface area contributed by atoms with E-state index in [2.05, 4.69) is 9.97 Å². The van der Waals surface area contributed by atoms with Gasteiger partial charge in [-0.25, -0.2) is 9.97 Å². The number of methoxy groups -OCH3 is 1. The molecular formula is C17H21BN2O3. The molecule has 0 unspecified atom stereocenters. The van der Waals surface area contributed by atoms with Gasteiger partial charge in [0.15, 0.2) is 5.82 Å². The minimum absolute atomic E-state index is 0.369. The molecule has 0 amide bonds. The van der Waals surface area contributed by atoms with Crippen LogP contribution < -0.4 is 10.2 Å². The number of benzene rings is 1. The number of ether oxygens (including phenoxy) is 1. The summed E-state index contributed by atoms with van der Waals surface area (Å²) in [7, 11) is 1.20. The van der Waals surface area contributed by atoms with Crippen molar-refractivity contribution in [3.05, 3.63) is 36.7 Å². The lowest BCUT2D eigenvalue weighted by Gasteiger charge is -2.32. The molecule has 1 saturated heterocycles. The van der Waals surface area contributed by atoms with Crippen molar-refractivity contribution < 1.29 is 14.0 Å². The average molecular weight is 312 g/mol. The first-order valence-corrected chi connectivity index (χ1v) is 7.64. The predicted molar refractivity (Wildman–Crippen MR) is 89.7 cm³/mol. The van der Waals surface area contributed by atoms with E-state index >= 15 is 0 Å². The smallest absolute Gasteiger partial charge is 0.497 e. The fourth-order valence-electron chi connectivity index (χ4n) is 2.33. The summed E-state index contributed by atoms with van der Waals surface area (Å²) < 4.78 is 17.2. The highest BCUT2D eigenvalue weighted by Gasteiger charge is 2.51. The summed E-state index contributed by atoms with van der Waals surface area (Å²) in [6, 6.07) is 7.65. The van der Waals surface area contributed by atoms with E-state index in [4.69, 9.17) is 14.0 Å². The Balaban J connectivity index is 1.80. The molecule has 1 aromatic heterocycles. The van der Waals surface area contributed by atoms with Crippen LogP contribution in [0.25, 0.3) is 11.4 Å². The van der Waals surface area contributed by atoms with Crippen molar-refractivity contribution in [3.8, 4) is 17.1 Å². The van der Waals surface area contributed by atoms with Gasteiger partial charge in [0.05, 0.1) is 18.3 Å². The molecule has 1 fully saturated rings. The molecule has 0 atom stereocenters. The fraction of sp³-hybridized carbons (Fsp3) is 0.412. The van der Waals surface area contributed by atoms with Crippen molar-refractivity contribution >= 4 is 12.6 Å². The first-order chi connectivity index (χ1) is 10.8. The second-order valence-electron chi connectivity index (χ2n) is 6.66. The van der Waals surface area contributed by atoms with Gasteiger partial charge in [-0.3, -0.25) is 0 Å². The number of nitrogens with zero attached hydrogens (tertiary/aromatic N) is 2. The largest absolute Gasteiger partial charge is 0.498 e. The van der Waals surface area contributed by atoms with Crippen LogP contribution in [0.2, 0.25) is 0 Å². The Labute approximate surface area is 137 Å². The molecule has 3 rings (SSSR count). The fourth-order valence-corrected chi connectivity index (χ4v) is 2.33. The van der Waals surface area contributed by atoms with Crippen LogP contribution in [0.1, 0.15) is 27.7 Å². The molecule has 120 valence electrons. The second kappa shape index (κ2) is 5.62. The highest BCUT2D eigenvalue weighted by atomic mass is 16.7. The van der Waals surface area contributed by atoms with Crippen LogP contribution in [0.4, 0.5) is 0 Å². The van der Waals surface area contributed by atoms with Crippen molar-refractivity contribution in [1.29, 1.82) is 0 Å². The van der Waals surface area contributed by atoms with Gasteiger partial charge >= 0.3 is 7.12 Å². The summed E-state index contributed by atoms with van der Waals surface area (Å²) in [5, 5.41) is 0. The number of hydrogen-bond donors (Lipinski definition) is 0. The van der Waals surface area contributed by atoms with Crippen LogP contribution >= 0.6 is 0 Å². The highest BCUT2D eigenvalue weighted by Crippen LogP contribution is 2.36. The summed E-state index contributed by atoms with van der Waals surface area (Å²) in [5.41, 5.74) is 1.02. The lowest BCUT2D eigenvalue weighted by atomic mass is 9.81. The van der Waals surface area contributed by atoms with Crippen LogP contribution in [0.15, 0.2) is 36.7 Å². The molecule has 0 N–H and O–H groups in total. The van der Waals surface area contributed by atoms with Crippen molar-refractivity contribution in [1.82, 2.24) is 9.97 Å². The van der Waals surface area contributed by atoms with Crippen LogP contribution in [0.5, 0.6) is 5.75 Å². The van der Waals surface area contributed by atoms with Gasteiger partial charge in [-0.15, -0.1) is 0 Å². The number of rotatable bonds is 3. The summed E-state index contributed by atoms with van der Waals surface area (Å²) in [6.45, 7) is 8.11.